The van der Waals surface area contributed by atoms with Gasteiger partial charge in [0.25, 0.3) is 0 Å². The maximum absolute atomic E-state index is 6.11. The van der Waals surface area contributed by atoms with Crippen LogP contribution in [-0.2, 0) is 0 Å². The molecule has 0 radical (unpaired) electrons. The Labute approximate surface area is 115 Å². The highest BCUT2D eigenvalue weighted by molar-refractivity contribution is 6.30. The second-order valence-corrected chi connectivity index (χ2v) is 5.61. The Balaban J connectivity index is 2.05. The summed E-state index contributed by atoms with van der Waals surface area (Å²) in [5.74, 6) is 0. The monoisotopic (exact) mass is 266 g/mol. The molecule has 2 rings (SSSR count). The van der Waals surface area contributed by atoms with Gasteiger partial charge in [-0.3, -0.25) is 0 Å². The van der Waals surface area contributed by atoms with Crippen LogP contribution in [0.25, 0.3) is 0 Å². The maximum Gasteiger partial charge on any atom is 0.0426 e. The molecule has 0 spiro atoms. The number of anilines is 1. The predicted octanol–water partition coefficient (Wildman–Crippen LogP) is 3.62. The van der Waals surface area contributed by atoms with Gasteiger partial charge in [0.2, 0.25) is 0 Å². The lowest BCUT2D eigenvalue weighted by Gasteiger charge is -2.35. The van der Waals surface area contributed by atoms with Crippen LogP contribution < -0.4 is 10.2 Å². The summed E-state index contributed by atoms with van der Waals surface area (Å²) in [5.41, 5.74) is 2.61. The van der Waals surface area contributed by atoms with E-state index in [1.165, 1.54) is 30.5 Å². The van der Waals surface area contributed by atoms with E-state index in [-0.39, 0.29) is 0 Å². The van der Waals surface area contributed by atoms with Crippen molar-refractivity contribution in [1.82, 2.24) is 5.32 Å². The number of hydrogen-bond donors (Lipinski definition) is 1. The molecule has 1 atom stereocenters. The summed E-state index contributed by atoms with van der Waals surface area (Å²) in [7, 11) is 0. The van der Waals surface area contributed by atoms with Crippen molar-refractivity contribution in [2.75, 3.05) is 24.5 Å². The number of benzene rings is 1. The number of nitrogens with one attached hydrogen (secondary N) is 1. The highest BCUT2D eigenvalue weighted by Gasteiger charge is 2.20. The van der Waals surface area contributed by atoms with E-state index < -0.39 is 0 Å². The molecular formula is C15H23ClN2. The van der Waals surface area contributed by atoms with Crippen molar-refractivity contribution in [2.45, 2.75) is 39.2 Å². The third kappa shape index (κ3) is 3.39. The first kappa shape index (κ1) is 13.7. The van der Waals surface area contributed by atoms with Crippen LogP contribution in [0, 0.1) is 6.92 Å². The molecule has 100 valence electrons. The molecule has 1 aromatic rings. The zero-order valence-electron chi connectivity index (χ0n) is 11.4. The number of nitrogens with zero attached hydrogens (tertiary/aromatic N) is 1. The van der Waals surface area contributed by atoms with Crippen LogP contribution in [0.4, 0.5) is 5.69 Å². The molecule has 18 heavy (non-hydrogen) atoms. The van der Waals surface area contributed by atoms with Gasteiger partial charge in [0, 0.05) is 29.8 Å². The molecule has 1 saturated heterocycles. The molecule has 0 amide bonds. The van der Waals surface area contributed by atoms with Crippen LogP contribution in [0.2, 0.25) is 5.02 Å². The molecule has 1 aliphatic rings. The third-order valence-corrected chi connectivity index (χ3v) is 3.85. The van der Waals surface area contributed by atoms with Gasteiger partial charge in [0.1, 0.15) is 0 Å². The summed E-state index contributed by atoms with van der Waals surface area (Å²) < 4.78 is 0. The van der Waals surface area contributed by atoms with Crippen LogP contribution in [0.15, 0.2) is 18.2 Å². The Morgan fingerprint density at radius 1 is 1.44 bits per heavy atom. The van der Waals surface area contributed by atoms with Crippen molar-refractivity contribution in [3.05, 3.63) is 28.8 Å². The molecule has 0 saturated carbocycles. The fraction of sp³-hybridized carbons (Fsp3) is 0.600. The maximum atomic E-state index is 6.11. The standard InChI is InChI=1S/C15H23ClN2/c1-3-8-17-14-5-4-9-18(11-14)15-10-13(16)7-6-12(15)2/h6-7,10,14,17H,3-5,8-9,11H2,1-2H3. The van der Waals surface area contributed by atoms with E-state index in [0.29, 0.717) is 6.04 Å². The predicted molar refractivity (Wildman–Crippen MR) is 79.7 cm³/mol. The molecule has 1 unspecified atom stereocenters. The molecule has 0 bridgehead atoms. The Bertz CT molecular complexity index is 392. The summed E-state index contributed by atoms with van der Waals surface area (Å²) >= 11 is 6.11. The normalized spacial score (nSPS) is 20.2. The Morgan fingerprint density at radius 2 is 2.28 bits per heavy atom. The lowest BCUT2D eigenvalue weighted by atomic mass is 10.0. The molecular weight excluding hydrogens is 244 g/mol. The van der Waals surface area contributed by atoms with E-state index in [0.717, 1.165) is 24.7 Å². The Morgan fingerprint density at radius 3 is 3.06 bits per heavy atom. The van der Waals surface area contributed by atoms with E-state index >= 15 is 0 Å². The third-order valence-electron chi connectivity index (χ3n) is 3.62. The van der Waals surface area contributed by atoms with Gasteiger partial charge in [-0.2, -0.15) is 0 Å². The number of piperidine rings is 1. The van der Waals surface area contributed by atoms with Gasteiger partial charge in [-0.1, -0.05) is 24.6 Å². The average molecular weight is 267 g/mol. The number of halogens is 1. The van der Waals surface area contributed by atoms with Crippen molar-refractivity contribution in [2.24, 2.45) is 0 Å². The molecule has 0 aliphatic carbocycles. The van der Waals surface area contributed by atoms with Gasteiger partial charge in [0.15, 0.2) is 0 Å². The topological polar surface area (TPSA) is 15.3 Å². The van der Waals surface area contributed by atoms with E-state index in [1.807, 2.05) is 6.07 Å². The van der Waals surface area contributed by atoms with Crippen molar-refractivity contribution < 1.29 is 0 Å². The smallest absolute Gasteiger partial charge is 0.0426 e. The molecule has 0 aromatic heterocycles. The number of hydrogen-bond acceptors (Lipinski definition) is 2. The minimum atomic E-state index is 0.622. The summed E-state index contributed by atoms with van der Waals surface area (Å²) in [6.45, 7) is 7.74. The van der Waals surface area contributed by atoms with Crippen LogP contribution in [-0.4, -0.2) is 25.7 Å². The molecule has 2 nitrogen and oxygen atoms in total. The van der Waals surface area contributed by atoms with Crippen LogP contribution in [0.3, 0.4) is 0 Å². The summed E-state index contributed by atoms with van der Waals surface area (Å²) in [4.78, 5) is 2.47. The van der Waals surface area contributed by atoms with Gasteiger partial charge in [-0.25, -0.2) is 0 Å². The second kappa shape index (κ2) is 6.44. The number of rotatable bonds is 4. The van der Waals surface area contributed by atoms with Gasteiger partial charge in [0.05, 0.1) is 0 Å². The lowest BCUT2D eigenvalue weighted by molar-refractivity contribution is 0.423. The fourth-order valence-corrected chi connectivity index (χ4v) is 2.80. The summed E-state index contributed by atoms with van der Waals surface area (Å²) in [5, 5.41) is 4.46. The SMILES string of the molecule is CCCNC1CCCN(c2cc(Cl)ccc2C)C1. The average Bonchev–Trinajstić information content (AvgIpc) is 2.39. The molecule has 1 N–H and O–H groups in total. The highest BCUT2D eigenvalue weighted by atomic mass is 35.5. The van der Waals surface area contributed by atoms with E-state index in [1.54, 1.807) is 0 Å². The first-order chi connectivity index (χ1) is 8.70. The van der Waals surface area contributed by atoms with Crippen LogP contribution in [0.1, 0.15) is 31.7 Å². The summed E-state index contributed by atoms with van der Waals surface area (Å²) in [6, 6.07) is 6.80. The van der Waals surface area contributed by atoms with Crippen molar-refractivity contribution in [3.63, 3.8) is 0 Å². The van der Waals surface area contributed by atoms with Gasteiger partial charge >= 0.3 is 0 Å². The Hall–Kier alpha value is -0.730. The molecule has 1 aromatic carbocycles. The second-order valence-electron chi connectivity index (χ2n) is 5.17. The minimum Gasteiger partial charge on any atom is -0.370 e. The molecule has 1 fully saturated rings. The van der Waals surface area contributed by atoms with Gasteiger partial charge < -0.3 is 10.2 Å². The minimum absolute atomic E-state index is 0.622. The zero-order valence-corrected chi connectivity index (χ0v) is 12.1. The first-order valence-corrected chi connectivity index (χ1v) is 7.33. The van der Waals surface area contributed by atoms with E-state index in [9.17, 15) is 0 Å². The first-order valence-electron chi connectivity index (χ1n) is 6.95. The quantitative estimate of drug-likeness (QED) is 0.896. The highest BCUT2D eigenvalue weighted by Crippen LogP contribution is 2.26. The van der Waals surface area contributed by atoms with Crippen molar-refractivity contribution in [1.29, 1.82) is 0 Å². The zero-order chi connectivity index (χ0) is 13.0. The molecule has 1 aliphatic heterocycles. The summed E-state index contributed by atoms with van der Waals surface area (Å²) in [6.07, 6.45) is 3.75. The largest absolute Gasteiger partial charge is 0.370 e. The van der Waals surface area contributed by atoms with Gasteiger partial charge in [-0.15, -0.1) is 0 Å². The van der Waals surface area contributed by atoms with Crippen molar-refractivity contribution >= 4 is 17.3 Å². The molecule has 1 heterocycles. The van der Waals surface area contributed by atoms with Crippen molar-refractivity contribution in [3.8, 4) is 0 Å². The molecule has 3 heteroatoms. The lowest BCUT2D eigenvalue weighted by Crippen LogP contribution is -2.46. The Kier molecular flexibility index (Phi) is 4.90. The van der Waals surface area contributed by atoms with Gasteiger partial charge in [-0.05, 0) is 50.4 Å². The number of aryl methyl sites for hydroxylation is 1. The van der Waals surface area contributed by atoms with Crippen LogP contribution >= 0.6 is 11.6 Å². The fourth-order valence-electron chi connectivity index (χ4n) is 2.63. The van der Waals surface area contributed by atoms with Crippen LogP contribution in [0.5, 0.6) is 0 Å². The van der Waals surface area contributed by atoms with E-state index in [4.69, 9.17) is 11.6 Å². The van der Waals surface area contributed by atoms with E-state index in [2.05, 4.69) is 36.2 Å².